The van der Waals surface area contributed by atoms with Crippen molar-refractivity contribution in [1.29, 1.82) is 0 Å². The van der Waals surface area contributed by atoms with E-state index in [1.165, 1.54) is 0 Å². The van der Waals surface area contributed by atoms with Gasteiger partial charge in [0, 0.05) is 17.4 Å². The average molecular weight is 330 g/mol. The number of nitrogens with zero attached hydrogens (tertiary/aromatic N) is 2. The van der Waals surface area contributed by atoms with E-state index in [1.54, 1.807) is 13.0 Å². The van der Waals surface area contributed by atoms with Crippen molar-refractivity contribution in [1.82, 2.24) is 9.97 Å². The van der Waals surface area contributed by atoms with E-state index >= 15 is 0 Å². The second kappa shape index (κ2) is 6.57. The Bertz CT molecular complexity index is 869. The van der Waals surface area contributed by atoms with E-state index < -0.39 is 17.5 Å². The quantitative estimate of drug-likeness (QED) is 0.682. The molecule has 24 heavy (non-hydrogen) atoms. The molecule has 0 saturated heterocycles. The molecular weight excluding hydrogens is 317 g/mol. The molecular formula is C17H13F3N4. The largest absolute Gasteiger partial charge is 0.340 e. The van der Waals surface area contributed by atoms with Crippen LogP contribution in [0.1, 0.15) is 5.69 Å². The number of hydrogen-bond donors (Lipinski definition) is 2. The molecule has 3 rings (SSSR count). The molecule has 0 radical (unpaired) electrons. The third-order valence-corrected chi connectivity index (χ3v) is 3.18. The number of rotatable bonds is 4. The summed E-state index contributed by atoms with van der Waals surface area (Å²) in [6.45, 7) is 1.74. The average Bonchev–Trinajstić information content (AvgIpc) is 2.56. The highest BCUT2D eigenvalue weighted by Gasteiger charge is 2.14. The van der Waals surface area contributed by atoms with Crippen LogP contribution in [0.4, 0.5) is 36.3 Å². The molecule has 2 N–H and O–H groups in total. The van der Waals surface area contributed by atoms with Gasteiger partial charge in [-0.15, -0.1) is 0 Å². The van der Waals surface area contributed by atoms with Crippen LogP contribution in [-0.4, -0.2) is 9.97 Å². The normalized spacial score (nSPS) is 10.5. The van der Waals surface area contributed by atoms with Crippen LogP contribution in [-0.2, 0) is 0 Å². The fourth-order valence-electron chi connectivity index (χ4n) is 2.10. The third kappa shape index (κ3) is 3.45. The topological polar surface area (TPSA) is 49.8 Å². The molecule has 1 heterocycles. The van der Waals surface area contributed by atoms with E-state index in [-0.39, 0.29) is 11.6 Å². The van der Waals surface area contributed by atoms with Gasteiger partial charge in [-0.25, -0.2) is 18.2 Å². The minimum Gasteiger partial charge on any atom is -0.340 e. The maximum absolute atomic E-state index is 13.7. The predicted molar refractivity (Wildman–Crippen MR) is 86.1 cm³/mol. The smallest absolute Gasteiger partial charge is 0.229 e. The lowest BCUT2D eigenvalue weighted by atomic mass is 10.3. The minimum absolute atomic E-state index is 0.0679. The Kier molecular flexibility index (Phi) is 4.33. The van der Waals surface area contributed by atoms with Crippen molar-refractivity contribution in [3.8, 4) is 0 Å². The summed E-state index contributed by atoms with van der Waals surface area (Å²) in [6, 6.07) is 13.0. The number of para-hydroxylation sites is 1. The van der Waals surface area contributed by atoms with Crippen LogP contribution in [0.25, 0.3) is 0 Å². The van der Waals surface area contributed by atoms with Crippen molar-refractivity contribution in [2.24, 2.45) is 0 Å². The molecule has 0 spiro atoms. The summed E-state index contributed by atoms with van der Waals surface area (Å²) in [5.74, 6) is -3.57. The van der Waals surface area contributed by atoms with Gasteiger partial charge in [0.15, 0.2) is 17.5 Å². The zero-order valence-corrected chi connectivity index (χ0v) is 12.6. The summed E-state index contributed by atoms with van der Waals surface area (Å²) >= 11 is 0. The maximum atomic E-state index is 13.7. The molecule has 122 valence electrons. The predicted octanol–water partition coefficient (Wildman–Crippen LogP) is 4.69. The number of benzene rings is 2. The first-order chi connectivity index (χ1) is 11.5. The Morgan fingerprint density at radius 3 is 2.33 bits per heavy atom. The molecule has 0 aliphatic heterocycles. The van der Waals surface area contributed by atoms with Crippen molar-refractivity contribution in [3.05, 3.63) is 71.7 Å². The summed E-state index contributed by atoms with van der Waals surface area (Å²) in [5, 5.41) is 5.65. The van der Waals surface area contributed by atoms with Crippen molar-refractivity contribution in [3.63, 3.8) is 0 Å². The van der Waals surface area contributed by atoms with Crippen LogP contribution in [0.15, 0.2) is 48.5 Å². The fourth-order valence-corrected chi connectivity index (χ4v) is 2.10. The number of nitrogens with one attached hydrogen (secondary N) is 2. The van der Waals surface area contributed by atoms with Gasteiger partial charge < -0.3 is 10.6 Å². The van der Waals surface area contributed by atoms with E-state index in [4.69, 9.17) is 0 Å². The molecule has 0 saturated carbocycles. The first-order valence-electron chi connectivity index (χ1n) is 7.11. The van der Waals surface area contributed by atoms with E-state index in [2.05, 4.69) is 20.6 Å². The van der Waals surface area contributed by atoms with E-state index in [1.807, 2.05) is 30.3 Å². The molecule has 3 aromatic rings. The Hall–Kier alpha value is -3.09. The van der Waals surface area contributed by atoms with Crippen LogP contribution in [0.5, 0.6) is 0 Å². The summed E-state index contributed by atoms with van der Waals surface area (Å²) < 4.78 is 40.0. The van der Waals surface area contributed by atoms with Gasteiger partial charge in [-0.05, 0) is 31.2 Å². The van der Waals surface area contributed by atoms with Crippen LogP contribution in [0.2, 0.25) is 0 Å². The molecule has 0 fully saturated rings. The summed E-state index contributed by atoms with van der Waals surface area (Å²) in [7, 11) is 0. The molecule has 0 atom stereocenters. The summed E-state index contributed by atoms with van der Waals surface area (Å²) in [4.78, 5) is 8.32. The molecule has 0 amide bonds. The van der Waals surface area contributed by atoms with Crippen molar-refractivity contribution in [2.75, 3.05) is 10.6 Å². The Morgan fingerprint density at radius 1 is 0.833 bits per heavy atom. The summed E-state index contributed by atoms with van der Waals surface area (Å²) in [5.41, 5.74) is 1.19. The standard InChI is InChI=1S/C17H13F3N4/c1-10-9-14(22-11-5-3-2-4-6-11)24-17(21-10)23-13-8-7-12(18)15(19)16(13)20/h2-9H,1H3,(H2,21,22,23,24). The molecule has 0 bridgehead atoms. The molecule has 1 aromatic heterocycles. The van der Waals surface area contributed by atoms with Crippen LogP contribution >= 0.6 is 0 Å². The highest BCUT2D eigenvalue weighted by Crippen LogP contribution is 2.23. The first-order valence-corrected chi connectivity index (χ1v) is 7.11. The maximum Gasteiger partial charge on any atom is 0.229 e. The molecule has 0 unspecified atom stereocenters. The van der Waals surface area contributed by atoms with E-state index in [0.29, 0.717) is 11.5 Å². The number of halogens is 3. The van der Waals surface area contributed by atoms with Crippen molar-refractivity contribution < 1.29 is 13.2 Å². The van der Waals surface area contributed by atoms with E-state index in [0.717, 1.165) is 17.8 Å². The van der Waals surface area contributed by atoms with Gasteiger partial charge in [-0.3, -0.25) is 0 Å². The van der Waals surface area contributed by atoms with Gasteiger partial charge in [-0.2, -0.15) is 4.98 Å². The highest BCUT2D eigenvalue weighted by atomic mass is 19.2. The lowest BCUT2D eigenvalue weighted by Crippen LogP contribution is -2.05. The van der Waals surface area contributed by atoms with Crippen molar-refractivity contribution in [2.45, 2.75) is 6.92 Å². The van der Waals surface area contributed by atoms with Gasteiger partial charge in [-0.1, -0.05) is 18.2 Å². The lowest BCUT2D eigenvalue weighted by Gasteiger charge is -2.11. The second-order valence-electron chi connectivity index (χ2n) is 5.06. The van der Waals surface area contributed by atoms with Gasteiger partial charge in [0.05, 0.1) is 5.69 Å². The molecule has 7 heteroatoms. The SMILES string of the molecule is Cc1cc(Nc2ccccc2)nc(Nc2ccc(F)c(F)c2F)n1. The lowest BCUT2D eigenvalue weighted by molar-refractivity contribution is 0.449. The van der Waals surface area contributed by atoms with Crippen LogP contribution in [0, 0.1) is 24.4 Å². The van der Waals surface area contributed by atoms with Gasteiger partial charge in [0.25, 0.3) is 0 Å². The molecule has 0 aliphatic carbocycles. The zero-order valence-electron chi connectivity index (χ0n) is 12.6. The zero-order chi connectivity index (χ0) is 17.1. The number of aryl methyl sites for hydroxylation is 1. The first kappa shape index (κ1) is 15.8. The molecule has 2 aromatic carbocycles. The van der Waals surface area contributed by atoms with Gasteiger partial charge in [0.2, 0.25) is 5.95 Å². The van der Waals surface area contributed by atoms with Crippen LogP contribution in [0.3, 0.4) is 0 Å². The third-order valence-electron chi connectivity index (χ3n) is 3.18. The number of anilines is 4. The number of aromatic nitrogens is 2. The minimum atomic E-state index is -1.55. The second-order valence-corrected chi connectivity index (χ2v) is 5.06. The van der Waals surface area contributed by atoms with Gasteiger partial charge in [0.1, 0.15) is 5.82 Å². The van der Waals surface area contributed by atoms with E-state index in [9.17, 15) is 13.2 Å². The summed E-state index contributed by atoms with van der Waals surface area (Å²) in [6.07, 6.45) is 0. The highest BCUT2D eigenvalue weighted by molar-refractivity contribution is 5.60. The molecule has 4 nitrogen and oxygen atoms in total. The Labute approximate surface area is 136 Å². The Balaban J connectivity index is 1.88. The van der Waals surface area contributed by atoms with Gasteiger partial charge >= 0.3 is 0 Å². The van der Waals surface area contributed by atoms with Crippen molar-refractivity contribution >= 4 is 23.1 Å². The Morgan fingerprint density at radius 2 is 1.58 bits per heavy atom. The molecule has 0 aliphatic rings. The monoisotopic (exact) mass is 330 g/mol. The fraction of sp³-hybridized carbons (Fsp3) is 0.0588. The van der Waals surface area contributed by atoms with Crippen LogP contribution < -0.4 is 10.6 Å². The number of hydrogen-bond acceptors (Lipinski definition) is 4.